The standard InChI is InChI=1S/C13H25N3O2/c1-14(2)11-9-13(18-10-11)5-7-16(8-6-13)12(17)15(3)4/h11H,5-10H2,1-4H3/t11-/m1/s1. The van der Waals surface area contributed by atoms with Crippen molar-refractivity contribution < 1.29 is 9.53 Å². The molecule has 0 aromatic carbocycles. The van der Waals surface area contributed by atoms with Crippen LogP contribution in [0.4, 0.5) is 4.79 Å². The number of hydrogen-bond donors (Lipinski definition) is 0. The molecular formula is C13H25N3O2. The zero-order chi connectivity index (χ0) is 13.3. The summed E-state index contributed by atoms with van der Waals surface area (Å²) >= 11 is 0. The van der Waals surface area contributed by atoms with Gasteiger partial charge in [0.05, 0.1) is 12.2 Å². The van der Waals surface area contributed by atoms with E-state index < -0.39 is 0 Å². The van der Waals surface area contributed by atoms with E-state index in [1.54, 1.807) is 19.0 Å². The molecular weight excluding hydrogens is 230 g/mol. The van der Waals surface area contributed by atoms with Crippen LogP contribution in [-0.2, 0) is 4.74 Å². The Morgan fingerprint density at radius 3 is 2.28 bits per heavy atom. The van der Waals surface area contributed by atoms with Gasteiger partial charge in [-0.3, -0.25) is 0 Å². The summed E-state index contributed by atoms with van der Waals surface area (Å²) < 4.78 is 6.05. The van der Waals surface area contributed by atoms with Crippen molar-refractivity contribution in [2.75, 3.05) is 47.9 Å². The summed E-state index contributed by atoms with van der Waals surface area (Å²) in [5.41, 5.74) is 0.0258. The van der Waals surface area contributed by atoms with Crippen molar-refractivity contribution in [1.29, 1.82) is 0 Å². The van der Waals surface area contributed by atoms with E-state index in [0.717, 1.165) is 39.0 Å². The molecule has 2 amide bonds. The van der Waals surface area contributed by atoms with Crippen molar-refractivity contribution in [2.24, 2.45) is 0 Å². The van der Waals surface area contributed by atoms with Crippen LogP contribution >= 0.6 is 0 Å². The fraction of sp³-hybridized carbons (Fsp3) is 0.923. The SMILES string of the molecule is CN(C)C(=O)N1CCC2(CC1)C[C@@H](N(C)C)CO2. The second-order valence-corrected chi connectivity index (χ2v) is 5.98. The molecule has 0 bridgehead atoms. The van der Waals surface area contributed by atoms with Crippen LogP contribution in [0.1, 0.15) is 19.3 Å². The highest BCUT2D eigenvalue weighted by Crippen LogP contribution is 2.37. The normalized spacial score (nSPS) is 26.9. The van der Waals surface area contributed by atoms with Crippen LogP contribution in [0.5, 0.6) is 0 Å². The molecule has 2 saturated heterocycles. The number of nitrogens with zero attached hydrogens (tertiary/aromatic N) is 3. The largest absolute Gasteiger partial charge is 0.373 e. The van der Waals surface area contributed by atoms with Gasteiger partial charge in [-0.1, -0.05) is 0 Å². The molecule has 1 atom stereocenters. The fourth-order valence-corrected chi connectivity index (χ4v) is 2.89. The molecule has 18 heavy (non-hydrogen) atoms. The lowest BCUT2D eigenvalue weighted by Crippen LogP contribution is -2.49. The third kappa shape index (κ3) is 2.62. The number of likely N-dealkylation sites (N-methyl/N-ethyl adjacent to an activating group) is 1. The maximum Gasteiger partial charge on any atom is 0.319 e. The Balaban J connectivity index is 1.89. The Labute approximate surface area is 110 Å². The first-order chi connectivity index (χ1) is 8.43. The summed E-state index contributed by atoms with van der Waals surface area (Å²) in [6, 6.07) is 0.646. The average molecular weight is 255 g/mol. The second kappa shape index (κ2) is 5.05. The predicted molar refractivity (Wildman–Crippen MR) is 70.7 cm³/mol. The minimum Gasteiger partial charge on any atom is -0.373 e. The van der Waals surface area contributed by atoms with Crippen LogP contribution in [0.2, 0.25) is 0 Å². The van der Waals surface area contributed by atoms with Gasteiger partial charge in [0.15, 0.2) is 0 Å². The summed E-state index contributed by atoms with van der Waals surface area (Å²) in [5.74, 6) is 0. The first-order valence-corrected chi connectivity index (χ1v) is 6.70. The molecule has 2 fully saturated rings. The lowest BCUT2D eigenvalue weighted by Gasteiger charge is -2.39. The zero-order valence-corrected chi connectivity index (χ0v) is 12.0. The monoisotopic (exact) mass is 255 g/mol. The van der Waals surface area contributed by atoms with Crippen LogP contribution < -0.4 is 0 Å². The Morgan fingerprint density at radius 2 is 1.83 bits per heavy atom. The number of carbonyl (C=O) groups excluding carboxylic acids is 1. The fourth-order valence-electron chi connectivity index (χ4n) is 2.89. The van der Waals surface area contributed by atoms with Gasteiger partial charge in [0.25, 0.3) is 0 Å². The molecule has 0 aromatic heterocycles. The molecule has 0 aromatic rings. The molecule has 5 heteroatoms. The molecule has 2 aliphatic heterocycles. The molecule has 0 radical (unpaired) electrons. The topological polar surface area (TPSA) is 36.0 Å². The van der Waals surface area contributed by atoms with Gasteiger partial charge in [0, 0.05) is 33.2 Å². The van der Waals surface area contributed by atoms with Crippen LogP contribution in [0.15, 0.2) is 0 Å². The number of hydrogen-bond acceptors (Lipinski definition) is 3. The van der Waals surface area contributed by atoms with Gasteiger partial charge in [-0.25, -0.2) is 4.79 Å². The molecule has 0 N–H and O–H groups in total. The number of piperidine rings is 1. The van der Waals surface area contributed by atoms with Crippen LogP contribution in [0.25, 0.3) is 0 Å². The molecule has 2 aliphatic rings. The highest BCUT2D eigenvalue weighted by atomic mass is 16.5. The first kappa shape index (κ1) is 13.6. The molecule has 1 spiro atoms. The zero-order valence-electron chi connectivity index (χ0n) is 12.0. The van der Waals surface area contributed by atoms with Crippen molar-refractivity contribution in [3.05, 3.63) is 0 Å². The number of rotatable bonds is 1. The van der Waals surface area contributed by atoms with Crippen molar-refractivity contribution in [3.63, 3.8) is 0 Å². The Bertz CT molecular complexity index is 309. The third-order valence-corrected chi connectivity index (χ3v) is 4.25. The third-order valence-electron chi connectivity index (χ3n) is 4.25. The Morgan fingerprint density at radius 1 is 1.22 bits per heavy atom. The highest BCUT2D eigenvalue weighted by Gasteiger charge is 2.44. The summed E-state index contributed by atoms with van der Waals surface area (Å²) in [6.07, 6.45) is 3.04. The maximum absolute atomic E-state index is 11.9. The summed E-state index contributed by atoms with van der Waals surface area (Å²) in [4.78, 5) is 17.7. The van der Waals surface area contributed by atoms with Crippen molar-refractivity contribution >= 4 is 6.03 Å². The van der Waals surface area contributed by atoms with Gasteiger partial charge in [-0.05, 0) is 33.4 Å². The minimum absolute atomic E-state index is 0.0258. The van der Waals surface area contributed by atoms with Crippen molar-refractivity contribution in [3.8, 4) is 0 Å². The van der Waals surface area contributed by atoms with E-state index in [1.165, 1.54) is 0 Å². The molecule has 0 saturated carbocycles. The molecule has 0 unspecified atom stereocenters. The minimum atomic E-state index is 0.0258. The number of carbonyl (C=O) groups is 1. The Hall–Kier alpha value is -0.810. The van der Waals surface area contributed by atoms with Gasteiger partial charge in [0.1, 0.15) is 0 Å². The highest BCUT2D eigenvalue weighted by molar-refractivity contribution is 5.73. The molecule has 5 nitrogen and oxygen atoms in total. The van der Waals surface area contributed by atoms with Gasteiger partial charge in [0.2, 0.25) is 0 Å². The van der Waals surface area contributed by atoms with Crippen LogP contribution in [-0.4, -0.2) is 80.3 Å². The van der Waals surface area contributed by atoms with E-state index in [2.05, 4.69) is 19.0 Å². The van der Waals surface area contributed by atoms with E-state index in [1.807, 2.05) is 4.90 Å². The van der Waals surface area contributed by atoms with Crippen LogP contribution in [0.3, 0.4) is 0 Å². The number of urea groups is 1. The average Bonchev–Trinajstić information content (AvgIpc) is 2.74. The van der Waals surface area contributed by atoms with E-state index in [-0.39, 0.29) is 11.6 Å². The van der Waals surface area contributed by atoms with Gasteiger partial charge in [-0.2, -0.15) is 0 Å². The lowest BCUT2D eigenvalue weighted by atomic mass is 9.87. The van der Waals surface area contributed by atoms with Gasteiger partial charge < -0.3 is 19.4 Å². The summed E-state index contributed by atoms with van der Waals surface area (Å²) in [7, 11) is 7.83. The van der Waals surface area contributed by atoms with E-state index >= 15 is 0 Å². The summed E-state index contributed by atoms with van der Waals surface area (Å²) in [6.45, 7) is 2.46. The molecule has 104 valence electrons. The predicted octanol–water partition coefficient (Wildman–Crippen LogP) is 0.853. The number of ether oxygens (including phenoxy) is 1. The maximum atomic E-state index is 11.9. The number of amides is 2. The quantitative estimate of drug-likeness (QED) is 0.697. The van der Waals surface area contributed by atoms with Gasteiger partial charge in [-0.15, -0.1) is 0 Å². The van der Waals surface area contributed by atoms with Crippen LogP contribution in [0, 0.1) is 0 Å². The second-order valence-electron chi connectivity index (χ2n) is 5.98. The molecule has 2 heterocycles. The van der Waals surface area contributed by atoms with Crippen molar-refractivity contribution in [1.82, 2.24) is 14.7 Å². The first-order valence-electron chi connectivity index (χ1n) is 6.70. The number of likely N-dealkylation sites (tertiary alicyclic amines) is 1. The lowest BCUT2D eigenvalue weighted by molar-refractivity contribution is -0.0380. The van der Waals surface area contributed by atoms with Crippen molar-refractivity contribution in [2.45, 2.75) is 30.9 Å². The molecule has 0 aliphatic carbocycles. The van der Waals surface area contributed by atoms with E-state index in [9.17, 15) is 4.79 Å². The van der Waals surface area contributed by atoms with Gasteiger partial charge >= 0.3 is 6.03 Å². The van der Waals surface area contributed by atoms with E-state index in [0.29, 0.717) is 6.04 Å². The van der Waals surface area contributed by atoms with E-state index in [4.69, 9.17) is 4.74 Å². The molecule has 2 rings (SSSR count). The Kier molecular flexibility index (Phi) is 3.82. The summed E-state index contributed by atoms with van der Waals surface area (Å²) in [5, 5.41) is 0. The smallest absolute Gasteiger partial charge is 0.319 e.